The van der Waals surface area contributed by atoms with Crippen LogP contribution in [-0.2, 0) is 0 Å². The second-order valence-electron chi connectivity index (χ2n) is 6.41. The Bertz CT molecular complexity index is 1230. The molecule has 0 saturated carbocycles. The first kappa shape index (κ1) is 17.6. The van der Waals surface area contributed by atoms with Crippen LogP contribution in [0.25, 0.3) is 22.6 Å². The summed E-state index contributed by atoms with van der Waals surface area (Å²) in [5, 5.41) is 10.1. The van der Waals surface area contributed by atoms with Gasteiger partial charge in [0.1, 0.15) is 23.7 Å². The molecule has 2 heterocycles. The molecule has 0 aliphatic carbocycles. The Balaban J connectivity index is 1.80. The summed E-state index contributed by atoms with van der Waals surface area (Å²) in [5.41, 5.74) is 2.19. The smallest absolute Gasteiger partial charge is 0.259 e. The molecule has 0 amide bonds. The van der Waals surface area contributed by atoms with Crippen molar-refractivity contribution in [3.8, 4) is 17.6 Å². The normalized spacial score (nSPS) is 16.0. The molecule has 0 spiro atoms. The number of H-pyrrole nitrogens is 1. The van der Waals surface area contributed by atoms with Crippen LogP contribution in [0.3, 0.4) is 0 Å². The third kappa shape index (κ3) is 3.14. The van der Waals surface area contributed by atoms with Gasteiger partial charge in [-0.05, 0) is 48.9 Å². The van der Waals surface area contributed by atoms with Crippen LogP contribution >= 0.6 is 0 Å². The number of rotatable bonds is 3. The second-order valence-corrected chi connectivity index (χ2v) is 6.41. The molecule has 138 valence electrons. The minimum absolute atomic E-state index is 0.220. The lowest BCUT2D eigenvalue weighted by atomic mass is 10.00. The summed E-state index contributed by atoms with van der Waals surface area (Å²) in [6.45, 7) is 1.91. The molecule has 1 N–H and O–H groups in total. The van der Waals surface area contributed by atoms with Crippen LogP contribution in [0.15, 0.2) is 58.9 Å². The number of nitrogens with zero attached hydrogens (tertiary/aromatic N) is 2. The monoisotopic (exact) mass is 371 g/mol. The molecule has 1 aromatic heterocycles. The van der Waals surface area contributed by atoms with Crippen LogP contribution in [-0.4, -0.2) is 23.2 Å². The molecule has 0 radical (unpaired) electrons. The van der Waals surface area contributed by atoms with E-state index < -0.39 is 0 Å². The molecular formula is C22H17N3O3. The molecule has 1 aliphatic heterocycles. The number of benzene rings is 2. The number of ether oxygens (including phenoxy) is 2. The fourth-order valence-corrected chi connectivity index (χ4v) is 3.11. The number of hydrogen-bond donors (Lipinski definition) is 1. The Kier molecular flexibility index (Phi) is 4.42. The highest BCUT2D eigenvalue weighted by atomic mass is 16.5. The van der Waals surface area contributed by atoms with Gasteiger partial charge < -0.3 is 14.5 Å². The lowest BCUT2D eigenvalue weighted by Crippen LogP contribution is -2.18. The maximum Gasteiger partial charge on any atom is 0.259 e. The third-order valence-electron chi connectivity index (χ3n) is 4.61. The molecule has 3 aromatic rings. The van der Waals surface area contributed by atoms with Crippen molar-refractivity contribution >= 4 is 22.6 Å². The lowest BCUT2D eigenvalue weighted by molar-refractivity contribution is 0.257. The number of nitriles is 1. The van der Waals surface area contributed by atoms with E-state index in [1.807, 2.05) is 37.3 Å². The van der Waals surface area contributed by atoms with Crippen LogP contribution in [0.1, 0.15) is 18.3 Å². The van der Waals surface area contributed by atoms with E-state index in [4.69, 9.17) is 9.47 Å². The summed E-state index contributed by atoms with van der Waals surface area (Å²) >= 11 is 0. The molecule has 6 heteroatoms. The summed E-state index contributed by atoms with van der Waals surface area (Å²) < 4.78 is 11.1. The van der Waals surface area contributed by atoms with Gasteiger partial charge in [-0.2, -0.15) is 5.26 Å². The molecular weight excluding hydrogens is 354 g/mol. The van der Waals surface area contributed by atoms with Gasteiger partial charge in [-0.15, -0.1) is 0 Å². The van der Waals surface area contributed by atoms with Crippen molar-refractivity contribution in [2.45, 2.75) is 13.0 Å². The van der Waals surface area contributed by atoms with Crippen LogP contribution < -0.4 is 15.0 Å². The Labute approximate surface area is 161 Å². The zero-order valence-electron chi connectivity index (χ0n) is 15.4. The minimum atomic E-state index is -0.327. The van der Waals surface area contributed by atoms with Crippen LogP contribution in [0, 0.1) is 11.3 Å². The third-order valence-corrected chi connectivity index (χ3v) is 4.61. The van der Waals surface area contributed by atoms with Gasteiger partial charge in [0.25, 0.3) is 5.56 Å². The Hall–Kier alpha value is -3.85. The molecule has 1 aliphatic rings. The Morgan fingerprint density at radius 2 is 2.14 bits per heavy atom. The Morgan fingerprint density at radius 3 is 2.93 bits per heavy atom. The quantitative estimate of drug-likeness (QED) is 0.709. The van der Waals surface area contributed by atoms with Gasteiger partial charge in [0.2, 0.25) is 0 Å². The molecule has 0 bridgehead atoms. The first-order valence-electron chi connectivity index (χ1n) is 8.76. The van der Waals surface area contributed by atoms with Gasteiger partial charge in [-0.3, -0.25) is 4.79 Å². The number of allylic oxidation sites excluding steroid dienone is 1. The molecule has 0 fully saturated rings. The van der Waals surface area contributed by atoms with Crippen LogP contribution in [0.2, 0.25) is 0 Å². The number of methoxy groups -OCH3 is 1. The SMILES string of the molecule is COc1ccc2nc(/C(C#N)=C\C3=Cc4ccccc4OC3C)[nH]c(=O)c2c1. The summed E-state index contributed by atoms with van der Waals surface area (Å²) in [6.07, 6.45) is 3.45. The van der Waals surface area contributed by atoms with E-state index in [2.05, 4.69) is 16.0 Å². The topological polar surface area (TPSA) is 88.0 Å². The highest BCUT2D eigenvalue weighted by Crippen LogP contribution is 2.31. The molecule has 1 unspecified atom stereocenters. The molecule has 6 nitrogen and oxygen atoms in total. The number of hydrogen-bond acceptors (Lipinski definition) is 5. The average molecular weight is 371 g/mol. The molecule has 28 heavy (non-hydrogen) atoms. The van der Waals surface area contributed by atoms with Crippen molar-refractivity contribution in [1.29, 1.82) is 5.26 Å². The number of aromatic nitrogens is 2. The van der Waals surface area contributed by atoms with Crippen molar-refractivity contribution in [1.82, 2.24) is 9.97 Å². The zero-order valence-corrected chi connectivity index (χ0v) is 15.4. The van der Waals surface area contributed by atoms with Crippen molar-refractivity contribution in [3.05, 3.63) is 75.9 Å². The maximum atomic E-state index is 12.5. The first-order chi connectivity index (χ1) is 13.6. The standard InChI is InChI=1S/C22H17N3O3/c1-13-15(9-14-5-3-4-6-20(14)28-13)10-16(12-23)21-24-19-8-7-17(27-2)11-18(19)22(26)25-21/h3-11,13H,1-2H3,(H,24,25,26)/b16-10-. The van der Waals surface area contributed by atoms with Gasteiger partial charge in [-0.25, -0.2) is 4.98 Å². The largest absolute Gasteiger partial charge is 0.497 e. The van der Waals surface area contributed by atoms with Crippen LogP contribution in [0.4, 0.5) is 0 Å². The van der Waals surface area contributed by atoms with E-state index in [9.17, 15) is 10.1 Å². The van der Waals surface area contributed by atoms with Crippen LogP contribution in [0.5, 0.6) is 11.5 Å². The number of aromatic amines is 1. The Morgan fingerprint density at radius 1 is 1.32 bits per heavy atom. The number of nitrogens with one attached hydrogen (secondary N) is 1. The molecule has 1 atom stereocenters. The minimum Gasteiger partial charge on any atom is -0.497 e. The van der Waals surface area contributed by atoms with Gasteiger partial charge in [0.05, 0.1) is 23.6 Å². The predicted octanol–water partition coefficient (Wildman–Crippen LogP) is 3.70. The average Bonchev–Trinajstić information content (AvgIpc) is 2.71. The summed E-state index contributed by atoms with van der Waals surface area (Å²) in [7, 11) is 1.53. The van der Waals surface area contributed by atoms with Gasteiger partial charge in [0.15, 0.2) is 5.82 Å². The van der Waals surface area contributed by atoms with Crippen molar-refractivity contribution < 1.29 is 9.47 Å². The van der Waals surface area contributed by atoms with Crippen molar-refractivity contribution in [3.63, 3.8) is 0 Å². The van der Waals surface area contributed by atoms with Gasteiger partial charge >= 0.3 is 0 Å². The maximum absolute atomic E-state index is 12.5. The fourth-order valence-electron chi connectivity index (χ4n) is 3.11. The number of para-hydroxylation sites is 1. The van der Waals surface area contributed by atoms with E-state index in [-0.39, 0.29) is 23.1 Å². The zero-order chi connectivity index (χ0) is 19.7. The highest BCUT2D eigenvalue weighted by Gasteiger charge is 2.18. The lowest BCUT2D eigenvalue weighted by Gasteiger charge is -2.23. The molecule has 4 rings (SSSR count). The molecule has 0 saturated heterocycles. The second kappa shape index (κ2) is 7.05. The van der Waals surface area contributed by atoms with E-state index in [1.165, 1.54) is 7.11 Å². The van der Waals surface area contributed by atoms with E-state index >= 15 is 0 Å². The van der Waals surface area contributed by atoms with E-state index in [0.29, 0.717) is 16.7 Å². The molecule has 2 aromatic carbocycles. The summed E-state index contributed by atoms with van der Waals surface area (Å²) in [4.78, 5) is 19.6. The number of fused-ring (bicyclic) bond motifs is 2. The van der Waals surface area contributed by atoms with E-state index in [0.717, 1.165) is 16.9 Å². The summed E-state index contributed by atoms with van der Waals surface area (Å²) in [6, 6.07) is 14.9. The highest BCUT2D eigenvalue weighted by molar-refractivity contribution is 5.83. The first-order valence-corrected chi connectivity index (χ1v) is 8.76. The van der Waals surface area contributed by atoms with Crippen molar-refractivity contribution in [2.75, 3.05) is 7.11 Å². The predicted molar refractivity (Wildman–Crippen MR) is 107 cm³/mol. The summed E-state index contributed by atoms with van der Waals surface area (Å²) in [5.74, 6) is 1.59. The van der Waals surface area contributed by atoms with Crippen molar-refractivity contribution in [2.24, 2.45) is 0 Å². The van der Waals surface area contributed by atoms with Gasteiger partial charge in [0, 0.05) is 5.56 Å². The fraction of sp³-hybridized carbons (Fsp3) is 0.136. The van der Waals surface area contributed by atoms with E-state index in [1.54, 1.807) is 24.3 Å². The van der Waals surface area contributed by atoms with Gasteiger partial charge in [-0.1, -0.05) is 18.2 Å².